The average molecular weight is 273 g/mol. The molecule has 0 aromatic rings. The van der Waals surface area contributed by atoms with Crippen molar-refractivity contribution in [3.63, 3.8) is 0 Å². The zero-order valence-electron chi connectivity index (χ0n) is 12.3. The number of nitrogens with one attached hydrogen (secondary N) is 1. The van der Waals surface area contributed by atoms with E-state index in [9.17, 15) is 0 Å². The Balaban J connectivity index is 3.09. The maximum Gasteiger partial charge on any atom is 0.163 e. The quantitative estimate of drug-likeness (QED) is 0.405. The first-order valence-corrected chi connectivity index (χ1v) is 8.13. The molecule has 1 atom stereocenters. The highest BCUT2D eigenvalue weighted by Crippen LogP contribution is 2.11. The summed E-state index contributed by atoms with van der Waals surface area (Å²) in [6, 6.07) is 0.427. The summed E-state index contributed by atoms with van der Waals surface area (Å²) < 4.78 is 0. The Labute approximate surface area is 119 Å². The fraction of sp³-hybridized carbons (Fsp3) is 0.933. The highest BCUT2D eigenvalue weighted by atomic mass is 32.1. The minimum atomic E-state index is 0.426. The van der Waals surface area contributed by atoms with E-state index in [2.05, 4.69) is 19.2 Å². The second kappa shape index (κ2) is 13.1. The van der Waals surface area contributed by atoms with Crippen LogP contribution in [0, 0.1) is 0 Å². The van der Waals surface area contributed by atoms with Crippen molar-refractivity contribution < 1.29 is 0 Å². The lowest BCUT2D eigenvalue weighted by Gasteiger charge is -2.12. The molecule has 0 aliphatic carbocycles. The fourth-order valence-corrected chi connectivity index (χ4v) is 2.45. The van der Waals surface area contributed by atoms with Crippen LogP contribution in [0.5, 0.6) is 0 Å². The van der Waals surface area contributed by atoms with E-state index in [0.717, 1.165) is 0 Å². The number of thiocarbonyl (C=S) groups is 1. The molecule has 18 heavy (non-hydrogen) atoms. The average Bonchev–Trinajstić information content (AvgIpc) is 2.30. The van der Waals surface area contributed by atoms with E-state index in [1.54, 1.807) is 0 Å². The maximum absolute atomic E-state index is 5.43. The molecule has 108 valence electrons. The highest BCUT2D eigenvalue weighted by molar-refractivity contribution is 7.80. The summed E-state index contributed by atoms with van der Waals surface area (Å²) in [7, 11) is 0. The first kappa shape index (κ1) is 17.7. The van der Waals surface area contributed by atoms with Crippen molar-refractivity contribution in [3.8, 4) is 0 Å². The van der Waals surface area contributed by atoms with Crippen LogP contribution in [0.25, 0.3) is 0 Å². The lowest BCUT2D eigenvalue weighted by Crippen LogP contribution is -2.36. The number of unbranched alkanes of at least 4 members (excludes halogenated alkanes) is 9. The lowest BCUT2D eigenvalue weighted by molar-refractivity contribution is 0.519. The van der Waals surface area contributed by atoms with Crippen LogP contribution in [0.2, 0.25) is 0 Å². The summed E-state index contributed by atoms with van der Waals surface area (Å²) >= 11 is 4.82. The van der Waals surface area contributed by atoms with Gasteiger partial charge in [-0.1, -0.05) is 71.1 Å². The molecular formula is C15H32N2S. The molecule has 3 heteroatoms. The predicted molar refractivity (Wildman–Crippen MR) is 85.8 cm³/mol. The topological polar surface area (TPSA) is 38.0 Å². The maximum atomic E-state index is 5.43. The Hall–Kier alpha value is -0.310. The Morgan fingerprint density at radius 3 is 1.83 bits per heavy atom. The normalized spacial score (nSPS) is 12.3. The van der Waals surface area contributed by atoms with Crippen LogP contribution >= 0.6 is 12.2 Å². The van der Waals surface area contributed by atoms with Gasteiger partial charge in [-0.3, -0.25) is 0 Å². The molecule has 0 saturated heterocycles. The van der Waals surface area contributed by atoms with Gasteiger partial charge in [-0.15, -0.1) is 0 Å². The third kappa shape index (κ3) is 13.8. The van der Waals surface area contributed by atoms with Crippen molar-refractivity contribution in [2.75, 3.05) is 0 Å². The third-order valence-electron chi connectivity index (χ3n) is 3.38. The van der Waals surface area contributed by atoms with Gasteiger partial charge in [0, 0.05) is 6.04 Å². The van der Waals surface area contributed by atoms with Gasteiger partial charge in [0.25, 0.3) is 0 Å². The smallest absolute Gasteiger partial charge is 0.163 e. The molecule has 0 aliphatic rings. The zero-order chi connectivity index (χ0) is 13.6. The molecule has 0 bridgehead atoms. The summed E-state index contributed by atoms with van der Waals surface area (Å²) in [5.41, 5.74) is 5.43. The van der Waals surface area contributed by atoms with E-state index in [4.69, 9.17) is 18.0 Å². The van der Waals surface area contributed by atoms with E-state index >= 15 is 0 Å². The summed E-state index contributed by atoms with van der Waals surface area (Å²) in [5, 5.41) is 3.51. The molecule has 0 aromatic carbocycles. The van der Waals surface area contributed by atoms with Crippen LogP contribution in [-0.2, 0) is 0 Å². The monoisotopic (exact) mass is 272 g/mol. The Morgan fingerprint density at radius 1 is 0.944 bits per heavy atom. The van der Waals surface area contributed by atoms with E-state index in [0.29, 0.717) is 11.2 Å². The molecule has 0 aromatic heterocycles. The predicted octanol–water partition coefficient (Wildman–Crippen LogP) is 4.52. The summed E-state index contributed by atoms with van der Waals surface area (Å²) in [6.45, 7) is 4.42. The third-order valence-corrected chi connectivity index (χ3v) is 3.50. The van der Waals surface area contributed by atoms with Gasteiger partial charge in [0.05, 0.1) is 0 Å². The van der Waals surface area contributed by atoms with E-state index in [1.807, 2.05) is 0 Å². The first-order chi connectivity index (χ1) is 8.66. The largest absolute Gasteiger partial charge is 0.376 e. The standard InChI is InChI=1S/C15H32N2S/c1-3-4-5-6-7-8-9-10-11-12-13-14(2)17-15(16)18/h14H,3-13H2,1-2H3,(H3,16,17,18). The van der Waals surface area contributed by atoms with Crippen LogP contribution in [0.3, 0.4) is 0 Å². The molecule has 0 rings (SSSR count). The van der Waals surface area contributed by atoms with Gasteiger partial charge in [0.2, 0.25) is 0 Å². The molecule has 0 fully saturated rings. The van der Waals surface area contributed by atoms with E-state index in [-0.39, 0.29) is 0 Å². The summed E-state index contributed by atoms with van der Waals surface area (Å²) in [5.74, 6) is 0. The molecule has 0 spiro atoms. The van der Waals surface area contributed by atoms with Crippen LogP contribution in [-0.4, -0.2) is 11.2 Å². The van der Waals surface area contributed by atoms with Gasteiger partial charge in [-0.2, -0.15) is 0 Å². The van der Waals surface area contributed by atoms with Crippen molar-refractivity contribution in [1.29, 1.82) is 0 Å². The molecule has 0 saturated carbocycles. The van der Waals surface area contributed by atoms with Crippen LogP contribution in [0.4, 0.5) is 0 Å². The van der Waals surface area contributed by atoms with E-state index in [1.165, 1.54) is 70.6 Å². The minimum absolute atomic E-state index is 0.426. The van der Waals surface area contributed by atoms with Crippen molar-refractivity contribution in [2.45, 2.75) is 90.5 Å². The van der Waals surface area contributed by atoms with Crippen molar-refractivity contribution in [1.82, 2.24) is 5.32 Å². The molecule has 1 unspecified atom stereocenters. The molecule has 0 heterocycles. The Kier molecular flexibility index (Phi) is 12.9. The molecule has 0 radical (unpaired) electrons. The first-order valence-electron chi connectivity index (χ1n) is 7.72. The summed E-state index contributed by atoms with van der Waals surface area (Å²) in [4.78, 5) is 0. The Bertz CT molecular complexity index is 195. The van der Waals surface area contributed by atoms with Crippen molar-refractivity contribution in [2.24, 2.45) is 5.73 Å². The zero-order valence-corrected chi connectivity index (χ0v) is 13.2. The number of rotatable bonds is 12. The second-order valence-corrected chi connectivity index (χ2v) is 5.82. The minimum Gasteiger partial charge on any atom is -0.376 e. The van der Waals surface area contributed by atoms with Crippen LogP contribution in [0.1, 0.15) is 84.5 Å². The SMILES string of the molecule is CCCCCCCCCCCCC(C)NC(N)=S. The molecule has 3 N–H and O–H groups in total. The van der Waals surface area contributed by atoms with Crippen molar-refractivity contribution >= 4 is 17.3 Å². The van der Waals surface area contributed by atoms with E-state index < -0.39 is 0 Å². The molecular weight excluding hydrogens is 240 g/mol. The van der Waals surface area contributed by atoms with Crippen molar-refractivity contribution in [3.05, 3.63) is 0 Å². The van der Waals surface area contributed by atoms with Gasteiger partial charge >= 0.3 is 0 Å². The van der Waals surface area contributed by atoms with Gasteiger partial charge in [0.1, 0.15) is 0 Å². The van der Waals surface area contributed by atoms with Gasteiger partial charge in [-0.25, -0.2) is 0 Å². The molecule has 0 amide bonds. The number of hydrogen-bond acceptors (Lipinski definition) is 1. The molecule has 2 nitrogen and oxygen atoms in total. The van der Waals surface area contributed by atoms with Gasteiger partial charge < -0.3 is 11.1 Å². The molecule has 0 aliphatic heterocycles. The lowest BCUT2D eigenvalue weighted by atomic mass is 10.0. The van der Waals surface area contributed by atoms with Crippen LogP contribution in [0.15, 0.2) is 0 Å². The number of nitrogens with two attached hydrogens (primary N) is 1. The van der Waals surface area contributed by atoms with Crippen LogP contribution < -0.4 is 11.1 Å². The second-order valence-electron chi connectivity index (χ2n) is 5.38. The van der Waals surface area contributed by atoms with Gasteiger partial charge in [-0.05, 0) is 25.6 Å². The fourth-order valence-electron chi connectivity index (χ4n) is 2.25. The highest BCUT2D eigenvalue weighted by Gasteiger charge is 2.01. The summed E-state index contributed by atoms with van der Waals surface area (Å²) in [6.07, 6.45) is 15.1. The Morgan fingerprint density at radius 2 is 1.39 bits per heavy atom. The number of hydrogen-bond donors (Lipinski definition) is 2. The van der Waals surface area contributed by atoms with Gasteiger partial charge in [0.15, 0.2) is 5.11 Å².